The van der Waals surface area contributed by atoms with E-state index in [4.69, 9.17) is 0 Å². The highest BCUT2D eigenvalue weighted by molar-refractivity contribution is 6.04. The zero-order chi connectivity index (χ0) is 21.2. The molecule has 4 unspecified atom stereocenters. The van der Waals surface area contributed by atoms with Crippen molar-refractivity contribution in [3.05, 3.63) is 10.7 Å². The van der Waals surface area contributed by atoms with Gasteiger partial charge in [0.05, 0.1) is 30.0 Å². The van der Waals surface area contributed by atoms with E-state index in [0.29, 0.717) is 27.4 Å². The van der Waals surface area contributed by atoms with Gasteiger partial charge in [-0.2, -0.15) is 30.9 Å². The van der Waals surface area contributed by atoms with E-state index < -0.39 is 24.2 Å². The molecule has 2 aromatic rings. The second-order valence-electron chi connectivity index (χ2n) is 6.77. The summed E-state index contributed by atoms with van der Waals surface area (Å²) in [5.41, 5.74) is 1.62. The maximum Gasteiger partial charge on any atom is 0.459 e. The van der Waals surface area contributed by atoms with Crippen LogP contribution in [0.25, 0.3) is 11.0 Å². The number of nitrogens with zero attached hydrogens (tertiary/aromatic N) is 11. The third-order valence-corrected chi connectivity index (χ3v) is 5.38. The molecule has 1 aromatic heterocycles. The average molecular weight is 391 g/mol. The molecular weight excluding hydrogens is 384 g/mol. The van der Waals surface area contributed by atoms with Gasteiger partial charge in [-0.05, 0) is 0 Å². The molecule has 4 atom stereocenters. The Hall–Kier alpha value is -5.17. The largest absolute Gasteiger partial charge is 0.459 e. The maximum absolute atomic E-state index is 9.69. The van der Waals surface area contributed by atoms with E-state index in [2.05, 4.69) is 27.4 Å². The number of aliphatic imine (C=N–C) groups is 1. The summed E-state index contributed by atoms with van der Waals surface area (Å²) in [5.74, 6) is 0. The van der Waals surface area contributed by atoms with E-state index >= 15 is 0 Å². The minimum atomic E-state index is -0.998. The minimum Gasteiger partial charge on any atom is -0.363 e. The number of fused-ring (bicyclic) bond motifs is 9. The van der Waals surface area contributed by atoms with Gasteiger partial charge in [-0.3, -0.25) is 14.4 Å². The zero-order valence-electron chi connectivity index (χ0n) is 14.9. The summed E-state index contributed by atoms with van der Waals surface area (Å²) in [6.45, 7) is -0.0440. The van der Waals surface area contributed by atoms with E-state index in [-0.39, 0.29) is 17.9 Å². The van der Waals surface area contributed by atoms with Gasteiger partial charge >= 0.3 is 6.19 Å². The van der Waals surface area contributed by atoms with Gasteiger partial charge in [0.1, 0.15) is 28.1 Å². The summed E-state index contributed by atoms with van der Waals surface area (Å²) < 4.78 is 4.46. The van der Waals surface area contributed by atoms with Crippen molar-refractivity contribution in [2.45, 2.75) is 24.2 Å². The number of anilines is 1. The first-order valence-corrected chi connectivity index (χ1v) is 8.66. The van der Waals surface area contributed by atoms with Crippen molar-refractivity contribution in [3.63, 3.8) is 0 Å². The van der Waals surface area contributed by atoms with Crippen LogP contribution in [0.3, 0.4) is 0 Å². The van der Waals surface area contributed by atoms with E-state index in [1.54, 1.807) is 9.36 Å². The zero-order valence-corrected chi connectivity index (χ0v) is 14.9. The molecule has 3 aliphatic rings. The Labute approximate surface area is 167 Å². The van der Waals surface area contributed by atoms with Crippen LogP contribution in [0.2, 0.25) is 0 Å². The Morgan fingerprint density at radius 2 is 1.63 bits per heavy atom. The molecule has 12 nitrogen and oxygen atoms in total. The Kier molecular flexibility index (Phi) is 3.20. The number of nitriles is 6. The molecule has 1 N–H and O–H groups in total. The van der Waals surface area contributed by atoms with Gasteiger partial charge in [-0.25, -0.2) is 4.99 Å². The third kappa shape index (κ3) is 1.75. The van der Waals surface area contributed by atoms with Crippen LogP contribution in [0.5, 0.6) is 0 Å². The molecule has 3 aliphatic heterocycles. The van der Waals surface area contributed by atoms with Crippen LogP contribution < -0.4 is 20.6 Å². The van der Waals surface area contributed by atoms with Gasteiger partial charge in [-0.1, -0.05) is 0 Å². The second-order valence-corrected chi connectivity index (χ2v) is 6.77. The summed E-state index contributed by atoms with van der Waals surface area (Å²) in [6.07, 6.45) is 2.03. The van der Waals surface area contributed by atoms with Crippen LogP contribution in [-0.4, -0.2) is 33.7 Å². The molecule has 138 valence electrons. The number of hydrogen-bond acceptors (Lipinski definition) is 9. The molecule has 0 fully saturated rings. The Morgan fingerprint density at radius 3 is 2.20 bits per heavy atom. The lowest BCUT2D eigenvalue weighted by Crippen LogP contribution is -2.52. The lowest BCUT2D eigenvalue weighted by molar-refractivity contribution is 0.227. The van der Waals surface area contributed by atoms with Crippen LogP contribution in [0.4, 0.5) is 11.4 Å². The van der Waals surface area contributed by atoms with Gasteiger partial charge < -0.3 is 5.32 Å². The van der Waals surface area contributed by atoms with Crippen molar-refractivity contribution < 1.29 is 0 Å². The first-order valence-electron chi connectivity index (χ1n) is 8.66. The van der Waals surface area contributed by atoms with Crippen molar-refractivity contribution in [2.24, 2.45) is 9.98 Å². The quantitative estimate of drug-likeness (QED) is 0.439. The van der Waals surface area contributed by atoms with Crippen LogP contribution in [0, 0.1) is 68.1 Å². The molecule has 1 aromatic carbocycles. The number of rotatable bonds is 0. The van der Waals surface area contributed by atoms with Crippen LogP contribution >= 0.6 is 0 Å². The molecule has 5 rings (SSSR count). The fourth-order valence-corrected chi connectivity index (χ4v) is 4.11. The number of aromatic nitrogens is 2. The third-order valence-electron chi connectivity index (χ3n) is 5.38. The van der Waals surface area contributed by atoms with Crippen molar-refractivity contribution in [2.75, 3.05) is 11.9 Å². The Balaban J connectivity index is 2.01. The molecule has 0 bridgehead atoms. The van der Waals surface area contributed by atoms with E-state index in [0.717, 1.165) is 0 Å². The van der Waals surface area contributed by atoms with Crippen LogP contribution in [-0.2, 0) is 0 Å². The highest BCUT2D eigenvalue weighted by atomic mass is 15.5. The predicted molar refractivity (Wildman–Crippen MR) is 96.9 cm³/mol. The molecule has 12 heteroatoms. The minimum absolute atomic E-state index is 0.0440. The SMILES string of the molecule is N#CC1=Nc2c3c(c4c(c2=[N+](C#N)C1)n1n4C(C#N)C1C#N)=NC(C#N)C(C#N)N3. The molecule has 0 saturated carbocycles. The van der Waals surface area contributed by atoms with Crippen molar-refractivity contribution in [1.82, 2.24) is 13.9 Å². The lowest BCUT2D eigenvalue weighted by Gasteiger charge is -2.43. The highest BCUT2D eigenvalue weighted by Crippen LogP contribution is 2.42. The first-order chi connectivity index (χ1) is 14.6. The van der Waals surface area contributed by atoms with E-state index in [9.17, 15) is 31.6 Å². The first kappa shape index (κ1) is 17.0. The summed E-state index contributed by atoms with van der Waals surface area (Å²) >= 11 is 0. The standard InChI is InChI=1S/C18H6N12/c19-1-8-6-28(7-24)16-14(25-8)13-15(27-10(3-21)9(2-20)26-13)17-18(16)30-12(5-23)11(4-22)29(17)30/h9-12H,6H2/p+1. The van der Waals surface area contributed by atoms with Crippen LogP contribution in [0.15, 0.2) is 9.98 Å². The maximum atomic E-state index is 9.69. The molecular formula is C18H7N12+. The number of nitrogens with one attached hydrogen (secondary N) is 1. The smallest absolute Gasteiger partial charge is 0.363 e. The fraction of sp³-hybridized carbons (Fsp3) is 0.278. The molecule has 0 radical (unpaired) electrons. The summed E-state index contributed by atoms with van der Waals surface area (Å²) in [7, 11) is 0. The van der Waals surface area contributed by atoms with Gasteiger partial charge in [0.15, 0.2) is 47.0 Å². The van der Waals surface area contributed by atoms with Gasteiger partial charge in [0.25, 0.3) is 0 Å². The number of benzene rings is 1. The van der Waals surface area contributed by atoms with E-state index in [1.807, 2.05) is 24.4 Å². The average Bonchev–Trinajstić information content (AvgIpc) is 2.77. The van der Waals surface area contributed by atoms with Crippen molar-refractivity contribution in [3.8, 4) is 36.5 Å². The van der Waals surface area contributed by atoms with Gasteiger partial charge in [0.2, 0.25) is 0 Å². The monoisotopic (exact) mass is 391 g/mol. The van der Waals surface area contributed by atoms with E-state index in [1.165, 1.54) is 4.58 Å². The number of hydrogen-bond donors (Lipinski definition) is 1. The Bertz CT molecular complexity index is 1590. The Morgan fingerprint density at radius 1 is 0.933 bits per heavy atom. The predicted octanol–water partition coefficient (Wildman–Crippen LogP) is -1.00. The summed E-state index contributed by atoms with van der Waals surface area (Å²) in [4.78, 5) is 8.77. The fourth-order valence-electron chi connectivity index (χ4n) is 4.11. The highest BCUT2D eigenvalue weighted by Gasteiger charge is 2.46. The van der Waals surface area contributed by atoms with Gasteiger partial charge in [0, 0.05) is 0 Å². The molecule has 4 heterocycles. The summed E-state index contributed by atoms with van der Waals surface area (Å²) in [6, 6.07) is 6.63. The van der Waals surface area contributed by atoms with Gasteiger partial charge in [-0.15, -0.1) is 0 Å². The second kappa shape index (κ2) is 5.66. The molecule has 0 aliphatic carbocycles. The molecule has 0 spiro atoms. The van der Waals surface area contributed by atoms with Crippen LogP contribution in [0.1, 0.15) is 12.1 Å². The lowest BCUT2D eigenvalue weighted by atomic mass is 9.99. The molecule has 30 heavy (non-hydrogen) atoms. The van der Waals surface area contributed by atoms with Crippen molar-refractivity contribution in [1.29, 1.82) is 31.6 Å². The summed E-state index contributed by atoms with van der Waals surface area (Å²) in [5, 5.41) is 60.5. The normalized spacial score (nSPS) is 25.0. The van der Waals surface area contributed by atoms with Crippen molar-refractivity contribution >= 4 is 28.1 Å². The topological polar surface area (TPSA) is 192 Å². The molecule has 0 saturated heterocycles. The molecule has 0 amide bonds.